The van der Waals surface area contributed by atoms with Crippen molar-refractivity contribution < 1.29 is 23.9 Å². The highest BCUT2D eigenvalue weighted by atomic mass is 16.5. The summed E-state index contributed by atoms with van der Waals surface area (Å²) in [5.74, 6) is -1.16. The Labute approximate surface area is 174 Å². The molecule has 1 heterocycles. The van der Waals surface area contributed by atoms with E-state index in [1.165, 1.54) is 24.0 Å². The summed E-state index contributed by atoms with van der Waals surface area (Å²) in [5.41, 5.74) is 1.34. The fourth-order valence-electron chi connectivity index (χ4n) is 4.08. The molecule has 0 spiro atoms. The van der Waals surface area contributed by atoms with Crippen molar-refractivity contribution in [2.45, 2.75) is 45.1 Å². The Balaban J connectivity index is 1.53. The molecular formula is C23H22N2O5. The number of rotatable bonds is 4. The molecular weight excluding hydrogens is 384 g/mol. The van der Waals surface area contributed by atoms with Gasteiger partial charge in [0.05, 0.1) is 11.1 Å². The van der Waals surface area contributed by atoms with E-state index >= 15 is 0 Å². The number of hydrogen-bond donors (Lipinski definition) is 1. The molecule has 0 aromatic heterocycles. The number of ether oxygens (including phenoxy) is 1. The maximum absolute atomic E-state index is 12.9. The molecule has 7 nitrogen and oxygen atoms in total. The summed E-state index contributed by atoms with van der Waals surface area (Å²) in [6, 6.07) is 11.0. The van der Waals surface area contributed by atoms with Crippen LogP contribution in [0, 0.1) is 0 Å². The van der Waals surface area contributed by atoms with Gasteiger partial charge in [0.1, 0.15) is 5.75 Å². The second kappa shape index (κ2) is 8.10. The highest BCUT2D eigenvalue weighted by Gasteiger charge is 2.40. The van der Waals surface area contributed by atoms with Crippen LogP contribution in [0.25, 0.3) is 0 Å². The van der Waals surface area contributed by atoms with Crippen LogP contribution in [-0.2, 0) is 4.79 Å². The van der Waals surface area contributed by atoms with E-state index in [2.05, 4.69) is 5.32 Å². The molecule has 2 aromatic rings. The molecule has 0 unspecified atom stereocenters. The topological polar surface area (TPSA) is 92.8 Å². The molecule has 1 saturated carbocycles. The molecule has 30 heavy (non-hydrogen) atoms. The molecule has 2 aromatic carbocycles. The fraction of sp³-hybridized carbons (Fsp3) is 0.304. The van der Waals surface area contributed by atoms with Crippen LogP contribution in [0.15, 0.2) is 42.5 Å². The van der Waals surface area contributed by atoms with Gasteiger partial charge in [-0.3, -0.25) is 24.1 Å². The summed E-state index contributed by atoms with van der Waals surface area (Å²) >= 11 is 0. The summed E-state index contributed by atoms with van der Waals surface area (Å²) in [6.45, 7) is 1.30. The third kappa shape index (κ3) is 3.83. The molecule has 0 atom stereocenters. The van der Waals surface area contributed by atoms with Crippen LogP contribution >= 0.6 is 0 Å². The van der Waals surface area contributed by atoms with Gasteiger partial charge in [-0.1, -0.05) is 25.3 Å². The normalized spacial score (nSPS) is 16.4. The molecule has 7 heteroatoms. The van der Waals surface area contributed by atoms with Crippen LogP contribution in [0.2, 0.25) is 0 Å². The number of amides is 3. The van der Waals surface area contributed by atoms with Gasteiger partial charge in [0.2, 0.25) is 0 Å². The highest BCUT2D eigenvalue weighted by molar-refractivity contribution is 6.22. The standard InChI is InChI=1S/C23H22N2O5/c1-14(26)30-18-9-5-6-16(13-18)24-21(27)15-10-11-19-20(12-15)23(29)25(22(19)28)17-7-3-2-4-8-17/h5-6,9-13,17H,2-4,7-8H2,1H3,(H,24,27). The summed E-state index contributed by atoms with van der Waals surface area (Å²) in [4.78, 5) is 50.8. The maximum atomic E-state index is 12.9. The van der Waals surface area contributed by atoms with Gasteiger partial charge in [-0.05, 0) is 43.2 Å². The lowest BCUT2D eigenvalue weighted by Gasteiger charge is -2.29. The number of imide groups is 1. The van der Waals surface area contributed by atoms with Crippen molar-refractivity contribution in [2.75, 3.05) is 5.32 Å². The molecule has 0 bridgehead atoms. The average molecular weight is 406 g/mol. The van der Waals surface area contributed by atoms with E-state index in [4.69, 9.17) is 4.74 Å². The second-order valence-corrected chi connectivity index (χ2v) is 7.61. The molecule has 3 amide bonds. The van der Waals surface area contributed by atoms with E-state index in [1.807, 2.05) is 0 Å². The highest BCUT2D eigenvalue weighted by Crippen LogP contribution is 2.31. The van der Waals surface area contributed by atoms with Crippen LogP contribution in [0.4, 0.5) is 5.69 Å². The predicted molar refractivity (Wildman–Crippen MR) is 110 cm³/mol. The van der Waals surface area contributed by atoms with Gasteiger partial charge in [-0.2, -0.15) is 0 Å². The van der Waals surface area contributed by atoms with E-state index in [1.54, 1.807) is 30.3 Å². The van der Waals surface area contributed by atoms with E-state index in [0.717, 1.165) is 32.1 Å². The van der Waals surface area contributed by atoms with Crippen LogP contribution < -0.4 is 10.1 Å². The third-order valence-electron chi connectivity index (χ3n) is 5.47. The van der Waals surface area contributed by atoms with Crippen LogP contribution in [0.1, 0.15) is 70.1 Å². The minimum atomic E-state index is -0.456. The number of esters is 1. The van der Waals surface area contributed by atoms with Crippen molar-refractivity contribution in [3.05, 3.63) is 59.2 Å². The quantitative estimate of drug-likeness (QED) is 0.474. The number of nitrogens with zero attached hydrogens (tertiary/aromatic N) is 1. The fourth-order valence-corrected chi connectivity index (χ4v) is 4.08. The van der Waals surface area contributed by atoms with Gasteiger partial charge < -0.3 is 10.1 Å². The zero-order valence-electron chi connectivity index (χ0n) is 16.6. The Morgan fingerprint density at radius 2 is 1.70 bits per heavy atom. The lowest BCUT2D eigenvalue weighted by atomic mass is 9.94. The Bertz CT molecular complexity index is 1040. The Hall–Kier alpha value is -3.48. The van der Waals surface area contributed by atoms with Gasteiger partial charge in [-0.25, -0.2) is 0 Å². The molecule has 1 N–H and O–H groups in total. The molecule has 0 saturated heterocycles. The summed E-state index contributed by atoms with van der Waals surface area (Å²) in [7, 11) is 0. The average Bonchev–Trinajstić information content (AvgIpc) is 2.98. The van der Waals surface area contributed by atoms with Crippen molar-refractivity contribution in [1.82, 2.24) is 4.90 Å². The van der Waals surface area contributed by atoms with E-state index in [0.29, 0.717) is 17.0 Å². The largest absolute Gasteiger partial charge is 0.427 e. The molecule has 1 aliphatic heterocycles. The number of benzene rings is 2. The van der Waals surface area contributed by atoms with Crippen LogP contribution in [-0.4, -0.2) is 34.6 Å². The van der Waals surface area contributed by atoms with Gasteiger partial charge >= 0.3 is 5.97 Å². The van der Waals surface area contributed by atoms with Crippen molar-refractivity contribution in [3.8, 4) is 5.75 Å². The van der Waals surface area contributed by atoms with E-state index in [-0.39, 0.29) is 29.0 Å². The Morgan fingerprint density at radius 1 is 0.967 bits per heavy atom. The maximum Gasteiger partial charge on any atom is 0.308 e. The van der Waals surface area contributed by atoms with Crippen molar-refractivity contribution in [2.24, 2.45) is 0 Å². The number of nitrogens with one attached hydrogen (secondary N) is 1. The minimum absolute atomic E-state index is 0.0626. The molecule has 154 valence electrons. The Morgan fingerprint density at radius 3 is 2.43 bits per heavy atom. The monoisotopic (exact) mass is 406 g/mol. The second-order valence-electron chi connectivity index (χ2n) is 7.61. The first-order chi connectivity index (χ1) is 14.4. The predicted octanol–water partition coefficient (Wildman–Crippen LogP) is 3.79. The summed E-state index contributed by atoms with van der Waals surface area (Å²) < 4.78 is 5.02. The first-order valence-corrected chi connectivity index (χ1v) is 10.1. The van der Waals surface area contributed by atoms with E-state index in [9.17, 15) is 19.2 Å². The lowest BCUT2D eigenvalue weighted by Crippen LogP contribution is -2.40. The van der Waals surface area contributed by atoms with Gasteiger partial charge in [0.25, 0.3) is 17.7 Å². The molecule has 2 aliphatic rings. The SMILES string of the molecule is CC(=O)Oc1cccc(NC(=O)c2ccc3c(c2)C(=O)N(C2CCCCC2)C3=O)c1. The first-order valence-electron chi connectivity index (χ1n) is 10.1. The van der Waals surface area contributed by atoms with Gasteiger partial charge in [0, 0.05) is 30.3 Å². The van der Waals surface area contributed by atoms with E-state index < -0.39 is 11.9 Å². The van der Waals surface area contributed by atoms with Crippen molar-refractivity contribution >= 4 is 29.4 Å². The van der Waals surface area contributed by atoms with Crippen molar-refractivity contribution in [1.29, 1.82) is 0 Å². The number of carbonyl (C=O) groups excluding carboxylic acids is 4. The van der Waals surface area contributed by atoms with Crippen molar-refractivity contribution in [3.63, 3.8) is 0 Å². The van der Waals surface area contributed by atoms with Crippen LogP contribution in [0.5, 0.6) is 5.75 Å². The number of carbonyl (C=O) groups is 4. The molecule has 0 radical (unpaired) electrons. The summed E-state index contributed by atoms with van der Waals surface area (Å²) in [5, 5.41) is 2.72. The minimum Gasteiger partial charge on any atom is -0.427 e. The molecule has 4 rings (SSSR count). The number of anilines is 1. The van der Waals surface area contributed by atoms with Gasteiger partial charge in [-0.15, -0.1) is 0 Å². The summed E-state index contributed by atoms with van der Waals surface area (Å²) in [6.07, 6.45) is 4.81. The lowest BCUT2D eigenvalue weighted by molar-refractivity contribution is -0.131. The Kier molecular flexibility index (Phi) is 5.35. The number of hydrogen-bond acceptors (Lipinski definition) is 5. The smallest absolute Gasteiger partial charge is 0.308 e. The van der Waals surface area contributed by atoms with Gasteiger partial charge in [0.15, 0.2) is 0 Å². The first kappa shape index (κ1) is 19.8. The zero-order valence-corrected chi connectivity index (χ0v) is 16.6. The zero-order chi connectivity index (χ0) is 21.3. The number of fused-ring (bicyclic) bond motifs is 1. The van der Waals surface area contributed by atoms with Crippen LogP contribution in [0.3, 0.4) is 0 Å². The molecule has 1 aliphatic carbocycles. The third-order valence-corrected chi connectivity index (χ3v) is 5.47. The molecule has 1 fully saturated rings.